The summed E-state index contributed by atoms with van der Waals surface area (Å²) in [6.45, 7) is 3.87. The molecule has 118 valence electrons. The van der Waals surface area contributed by atoms with Gasteiger partial charge >= 0.3 is 6.03 Å². The van der Waals surface area contributed by atoms with Gasteiger partial charge < -0.3 is 15.1 Å². The minimum atomic E-state index is -0.214. The van der Waals surface area contributed by atoms with Crippen LogP contribution in [0.5, 0.6) is 0 Å². The maximum atomic E-state index is 12.2. The van der Waals surface area contributed by atoms with Crippen molar-refractivity contribution in [2.24, 2.45) is 0 Å². The molecule has 0 saturated heterocycles. The molecule has 2 amide bonds. The van der Waals surface area contributed by atoms with Crippen LogP contribution in [0.15, 0.2) is 65.1 Å². The summed E-state index contributed by atoms with van der Waals surface area (Å²) in [7, 11) is 0. The lowest BCUT2D eigenvalue weighted by molar-refractivity contribution is 0.233. The number of carbonyl (C=O) groups is 1. The van der Waals surface area contributed by atoms with Gasteiger partial charge in [0.05, 0.1) is 12.1 Å². The van der Waals surface area contributed by atoms with Gasteiger partial charge in [0, 0.05) is 5.39 Å². The highest BCUT2D eigenvalue weighted by molar-refractivity contribution is 5.78. The molecular formula is C19H20N2O2. The van der Waals surface area contributed by atoms with Crippen LogP contribution in [0.2, 0.25) is 0 Å². The Labute approximate surface area is 135 Å². The zero-order chi connectivity index (χ0) is 16.2. The van der Waals surface area contributed by atoms with E-state index in [2.05, 4.69) is 10.6 Å². The first kappa shape index (κ1) is 15.2. The molecule has 2 atom stereocenters. The molecule has 0 radical (unpaired) electrons. The third kappa shape index (κ3) is 3.54. The first-order valence-corrected chi connectivity index (χ1v) is 7.74. The number of carbonyl (C=O) groups excluding carboxylic acids is 1. The molecule has 4 nitrogen and oxygen atoms in total. The average molecular weight is 308 g/mol. The van der Waals surface area contributed by atoms with Crippen molar-refractivity contribution < 1.29 is 9.21 Å². The zero-order valence-electron chi connectivity index (χ0n) is 13.2. The summed E-state index contributed by atoms with van der Waals surface area (Å²) in [4.78, 5) is 12.2. The van der Waals surface area contributed by atoms with Crippen molar-refractivity contribution in [1.82, 2.24) is 10.6 Å². The predicted molar refractivity (Wildman–Crippen MR) is 91.2 cm³/mol. The second-order valence-corrected chi connectivity index (χ2v) is 5.66. The van der Waals surface area contributed by atoms with Gasteiger partial charge in [-0.15, -0.1) is 0 Å². The fourth-order valence-electron chi connectivity index (χ4n) is 2.55. The van der Waals surface area contributed by atoms with E-state index in [1.165, 1.54) is 0 Å². The van der Waals surface area contributed by atoms with Crippen molar-refractivity contribution >= 4 is 17.0 Å². The summed E-state index contributed by atoms with van der Waals surface area (Å²) in [5.41, 5.74) is 1.90. The number of benzene rings is 2. The van der Waals surface area contributed by atoms with Crippen LogP contribution in [0, 0.1) is 0 Å². The van der Waals surface area contributed by atoms with E-state index in [1.54, 1.807) is 0 Å². The van der Waals surface area contributed by atoms with Gasteiger partial charge in [-0.1, -0.05) is 48.5 Å². The lowest BCUT2D eigenvalue weighted by Gasteiger charge is -2.17. The van der Waals surface area contributed by atoms with E-state index >= 15 is 0 Å². The maximum Gasteiger partial charge on any atom is 0.315 e. The second-order valence-electron chi connectivity index (χ2n) is 5.66. The molecule has 0 aliphatic rings. The molecule has 2 N–H and O–H groups in total. The molecule has 2 aromatic carbocycles. The lowest BCUT2D eigenvalue weighted by Crippen LogP contribution is -2.38. The Balaban J connectivity index is 1.63. The molecule has 3 rings (SSSR count). The summed E-state index contributed by atoms with van der Waals surface area (Å²) >= 11 is 0. The number of hydrogen-bond donors (Lipinski definition) is 2. The molecule has 23 heavy (non-hydrogen) atoms. The highest BCUT2D eigenvalue weighted by Gasteiger charge is 2.15. The molecule has 3 aromatic rings. The zero-order valence-corrected chi connectivity index (χ0v) is 13.2. The molecule has 1 aromatic heterocycles. The van der Waals surface area contributed by atoms with E-state index < -0.39 is 0 Å². The van der Waals surface area contributed by atoms with Gasteiger partial charge in [0.25, 0.3) is 0 Å². The molecule has 1 heterocycles. The number of rotatable bonds is 4. The van der Waals surface area contributed by atoms with E-state index in [-0.39, 0.29) is 18.1 Å². The molecular weight excluding hydrogens is 288 g/mol. The summed E-state index contributed by atoms with van der Waals surface area (Å²) in [6.07, 6.45) is 0. The highest BCUT2D eigenvalue weighted by Crippen LogP contribution is 2.23. The van der Waals surface area contributed by atoms with E-state index in [9.17, 15) is 4.79 Å². The average Bonchev–Trinajstić information content (AvgIpc) is 2.99. The van der Waals surface area contributed by atoms with Gasteiger partial charge in [-0.05, 0) is 31.5 Å². The summed E-state index contributed by atoms with van der Waals surface area (Å²) in [5, 5.41) is 6.89. The number of hydrogen-bond acceptors (Lipinski definition) is 2. The Morgan fingerprint density at radius 2 is 1.57 bits per heavy atom. The Bertz CT molecular complexity index is 762. The van der Waals surface area contributed by atoms with Crippen molar-refractivity contribution in [2.75, 3.05) is 0 Å². The number of nitrogens with one attached hydrogen (secondary N) is 2. The van der Waals surface area contributed by atoms with Crippen molar-refractivity contribution in [3.8, 4) is 0 Å². The van der Waals surface area contributed by atoms with Crippen LogP contribution in [-0.4, -0.2) is 6.03 Å². The normalized spacial score (nSPS) is 13.5. The molecule has 4 heteroatoms. The molecule has 0 saturated carbocycles. The molecule has 0 aliphatic carbocycles. The molecule has 2 unspecified atom stereocenters. The van der Waals surface area contributed by atoms with Crippen LogP contribution in [0.1, 0.15) is 37.3 Å². The SMILES string of the molecule is CC(NC(=O)NC(C)c1cc2ccccc2o1)c1ccccc1. The van der Waals surface area contributed by atoms with Gasteiger partial charge in [0.1, 0.15) is 11.3 Å². The minimum Gasteiger partial charge on any atom is -0.459 e. The third-order valence-corrected chi connectivity index (χ3v) is 3.87. The van der Waals surface area contributed by atoms with Crippen LogP contribution in [0.3, 0.4) is 0 Å². The van der Waals surface area contributed by atoms with Crippen LogP contribution in [0.25, 0.3) is 11.0 Å². The van der Waals surface area contributed by atoms with E-state index in [1.807, 2.05) is 74.5 Å². The van der Waals surface area contributed by atoms with Crippen LogP contribution < -0.4 is 10.6 Å². The van der Waals surface area contributed by atoms with E-state index in [0.717, 1.165) is 22.3 Å². The molecule has 0 spiro atoms. The first-order valence-electron chi connectivity index (χ1n) is 7.74. The third-order valence-electron chi connectivity index (χ3n) is 3.87. The second kappa shape index (κ2) is 6.57. The van der Waals surface area contributed by atoms with Crippen LogP contribution in [-0.2, 0) is 0 Å². The highest BCUT2D eigenvalue weighted by atomic mass is 16.3. The largest absolute Gasteiger partial charge is 0.459 e. The van der Waals surface area contributed by atoms with Gasteiger partial charge in [-0.2, -0.15) is 0 Å². The number of para-hydroxylation sites is 1. The van der Waals surface area contributed by atoms with Crippen LogP contribution in [0.4, 0.5) is 4.79 Å². The Kier molecular flexibility index (Phi) is 4.33. The quantitative estimate of drug-likeness (QED) is 0.742. The number of amides is 2. The minimum absolute atomic E-state index is 0.0564. The maximum absolute atomic E-state index is 12.2. The van der Waals surface area contributed by atoms with Crippen molar-refractivity contribution in [3.63, 3.8) is 0 Å². The monoisotopic (exact) mass is 308 g/mol. The topological polar surface area (TPSA) is 54.3 Å². The van der Waals surface area contributed by atoms with Crippen molar-refractivity contribution in [3.05, 3.63) is 72.0 Å². The first-order chi connectivity index (χ1) is 11.1. The smallest absolute Gasteiger partial charge is 0.315 e. The van der Waals surface area contributed by atoms with Crippen molar-refractivity contribution in [1.29, 1.82) is 0 Å². The number of urea groups is 1. The van der Waals surface area contributed by atoms with Crippen LogP contribution >= 0.6 is 0 Å². The summed E-state index contributed by atoms with van der Waals surface area (Å²) in [5.74, 6) is 0.744. The number of furan rings is 1. The van der Waals surface area contributed by atoms with E-state index in [0.29, 0.717) is 0 Å². The Morgan fingerprint density at radius 3 is 2.30 bits per heavy atom. The summed E-state index contributed by atoms with van der Waals surface area (Å²) in [6, 6.07) is 19.2. The standard InChI is InChI=1S/C19H20N2O2/c1-13(15-8-4-3-5-9-15)20-19(22)21-14(2)18-12-16-10-6-7-11-17(16)23-18/h3-14H,1-2H3,(H2,20,21,22). The Morgan fingerprint density at radius 1 is 0.913 bits per heavy atom. The number of fused-ring (bicyclic) bond motifs is 1. The van der Waals surface area contributed by atoms with E-state index in [4.69, 9.17) is 4.42 Å². The lowest BCUT2D eigenvalue weighted by atomic mass is 10.1. The fraction of sp³-hybridized carbons (Fsp3) is 0.211. The fourth-order valence-corrected chi connectivity index (χ4v) is 2.55. The molecule has 0 fully saturated rings. The van der Waals surface area contributed by atoms with Gasteiger partial charge in [0.15, 0.2) is 0 Å². The van der Waals surface area contributed by atoms with Crippen molar-refractivity contribution in [2.45, 2.75) is 25.9 Å². The Hall–Kier alpha value is -2.75. The van der Waals surface area contributed by atoms with Gasteiger partial charge in [0.2, 0.25) is 0 Å². The molecule has 0 bridgehead atoms. The van der Waals surface area contributed by atoms with Gasteiger partial charge in [-0.3, -0.25) is 0 Å². The summed E-state index contributed by atoms with van der Waals surface area (Å²) < 4.78 is 5.78. The van der Waals surface area contributed by atoms with Gasteiger partial charge in [-0.25, -0.2) is 4.79 Å². The molecule has 0 aliphatic heterocycles. The predicted octanol–water partition coefficient (Wildman–Crippen LogP) is 4.55.